The molecule has 1 heterocycles. The van der Waals surface area contributed by atoms with Gasteiger partial charge in [-0.15, -0.1) is 11.3 Å². The minimum atomic E-state index is 0.256. The van der Waals surface area contributed by atoms with Crippen molar-refractivity contribution in [3.05, 3.63) is 50.6 Å². The predicted octanol–water partition coefficient (Wildman–Crippen LogP) is 4.75. The first-order valence-corrected chi connectivity index (χ1v) is 8.67. The van der Waals surface area contributed by atoms with E-state index in [4.69, 9.17) is 4.74 Å². The van der Waals surface area contributed by atoms with Gasteiger partial charge >= 0.3 is 0 Å². The minimum absolute atomic E-state index is 0.256. The zero-order valence-corrected chi connectivity index (χ0v) is 13.8. The van der Waals surface area contributed by atoms with E-state index in [9.17, 15) is 0 Å². The zero-order chi connectivity index (χ0) is 13.9. The molecule has 1 saturated carbocycles. The van der Waals surface area contributed by atoms with Gasteiger partial charge in [-0.25, -0.2) is 0 Å². The topological polar surface area (TPSA) is 21.3 Å². The van der Waals surface area contributed by atoms with Gasteiger partial charge < -0.3 is 10.1 Å². The van der Waals surface area contributed by atoms with Crippen molar-refractivity contribution >= 4 is 27.3 Å². The molecule has 2 aromatic rings. The van der Waals surface area contributed by atoms with Gasteiger partial charge in [-0.3, -0.25) is 0 Å². The Morgan fingerprint density at radius 1 is 1.35 bits per heavy atom. The fourth-order valence-corrected chi connectivity index (χ4v) is 3.73. The number of benzene rings is 1. The highest BCUT2D eigenvalue weighted by molar-refractivity contribution is 9.10. The molecule has 1 aliphatic carbocycles. The predicted molar refractivity (Wildman–Crippen MR) is 87.6 cm³/mol. The summed E-state index contributed by atoms with van der Waals surface area (Å²) in [6.07, 6.45) is 2.86. The average molecular weight is 352 g/mol. The first-order valence-electron chi connectivity index (χ1n) is 7.00. The summed E-state index contributed by atoms with van der Waals surface area (Å²) in [5.74, 6) is 0.985. The number of thiophene rings is 1. The maximum atomic E-state index is 5.80. The lowest BCUT2D eigenvalue weighted by Crippen LogP contribution is -2.21. The van der Waals surface area contributed by atoms with Gasteiger partial charge in [0.05, 0.1) is 12.1 Å². The summed E-state index contributed by atoms with van der Waals surface area (Å²) in [4.78, 5) is 1.33. The van der Waals surface area contributed by atoms with E-state index in [-0.39, 0.29) is 6.04 Å². The quantitative estimate of drug-likeness (QED) is 0.810. The Bertz CT molecular complexity index is 562. The van der Waals surface area contributed by atoms with Gasteiger partial charge in [0.2, 0.25) is 0 Å². The summed E-state index contributed by atoms with van der Waals surface area (Å²) < 4.78 is 6.95. The molecule has 2 nitrogen and oxygen atoms in total. The molecule has 1 fully saturated rings. The van der Waals surface area contributed by atoms with Crippen molar-refractivity contribution in [3.8, 4) is 5.75 Å². The van der Waals surface area contributed by atoms with Crippen LogP contribution in [0.1, 0.15) is 36.2 Å². The number of halogens is 1. The molecule has 1 N–H and O–H groups in total. The summed E-state index contributed by atoms with van der Waals surface area (Å²) in [7, 11) is 0. The molecular formula is C16H18BrNOS. The molecule has 0 bridgehead atoms. The van der Waals surface area contributed by atoms with Crippen LogP contribution < -0.4 is 10.1 Å². The normalized spacial score (nSPS) is 16.1. The van der Waals surface area contributed by atoms with Crippen LogP contribution in [-0.2, 0) is 0 Å². The number of rotatable bonds is 6. The lowest BCUT2D eigenvalue weighted by atomic mass is 10.1. The second kappa shape index (κ2) is 6.29. The largest absolute Gasteiger partial charge is 0.490 e. The molecule has 0 amide bonds. The lowest BCUT2D eigenvalue weighted by Gasteiger charge is -2.17. The van der Waals surface area contributed by atoms with Crippen LogP contribution in [0.4, 0.5) is 0 Å². The van der Waals surface area contributed by atoms with Crippen molar-refractivity contribution in [2.45, 2.75) is 31.9 Å². The highest BCUT2D eigenvalue weighted by Crippen LogP contribution is 2.32. The molecule has 0 saturated heterocycles. The van der Waals surface area contributed by atoms with Gasteiger partial charge in [0.1, 0.15) is 5.75 Å². The Kier molecular flexibility index (Phi) is 4.44. The highest BCUT2D eigenvalue weighted by atomic mass is 79.9. The van der Waals surface area contributed by atoms with E-state index in [1.807, 2.05) is 0 Å². The maximum absolute atomic E-state index is 5.80. The van der Waals surface area contributed by atoms with Crippen molar-refractivity contribution in [2.24, 2.45) is 0 Å². The number of nitrogens with one attached hydrogen (secondary N) is 1. The van der Waals surface area contributed by atoms with Gasteiger partial charge in [0, 0.05) is 14.7 Å². The van der Waals surface area contributed by atoms with Crippen molar-refractivity contribution in [1.29, 1.82) is 0 Å². The Labute approximate surface area is 132 Å². The Balaban J connectivity index is 1.79. The number of ether oxygens (including phenoxy) is 1. The van der Waals surface area contributed by atoms with E-state index in [0.29, 0.717) is 6.10 Å². The van der Waals surface area contributed by atoms with E-state index in [2.05, 4.69) is 63.9 Å². The Hall–Kier alpha value is -0.840. The molecule has 0 radical (unpaired) electrons. The van der Waals surface area contributed by atoms with Crippen LogP contribution in [0, 0.1) is 0 Å². The van der Waals surface area contributed by atoms with Crippen molar-refractivity contribution in [1.82, 2.24) is 5.32 Å². The molecule has 3 rings (SSSR count). The molecule has 0 aliphatic heterocycles. The van der Waals surface area contributed by atoms with Crippen LogP contribution in [-0.4, -0.2) is 12.6 Å². The van der Waals surface area contributed by atoms with E-state index in [1.54, 1.807) is 11.3 Å². The van der Waals surface area contributed by atoms with Gasteiger partial charge in [-0.2, -0.15) is 0 Å². The molecule has 1 unspecified atom stereocenters. The van der Waals surface area contributed by atoms with Gasteiger partial charge in [0.25, 0.3) is 0 Å². The van der Waals surface area contributed by atoms with Crippen LogP contribution in [0.2, 0.25) is 0 Å². The molecule has 1 aromatic heterocycles. The van der Waals surface area contributed by atoms with E-state index in [1.165, 1.54) is 23.3 Å². The molecule has 4 heteroatoms. The smallest absolute Gasteiger partial charge is 0.119 e. The molecule has 106 valence electrons. The first kappa shape index (κ1) is 14.1. The molecule has 1 aromatic carbocycles. The number of hydrogen-bond donors (Lipinski definition) is 1. The molecular weight excluding hydrogens is 334 g/mol. The van der Waals surface area contributed by atoms with Crippen LogP contribution in [0.5, 0.6) is 5.75 Å². The standard InChI is InChI=1S/C16H18BrNOS/c1-2-18-16(15-9-12(17)10-20-15)11-3-5-13(6-4-11)19-14-7-8-14/h3-6,9-10,14,16,18H,2,7-8H2,1H3. The number of hydrogen-bond acceptors (Lipinski definition) is 3. The van der Waals surface area contributed by atoms with Crippen LogP contribution >= 0.6 is 27.3 Å². The maximum Gasteiger partial charge on any atom is 0.119 e. The Morgan fingerprint density at radius 2 is 2.10 bits per heavy atom. The van der Waals surface area contributed by atoms with Gasteiger partial charge in [-0.05, 0) is 59.1 Å². The second-order valence-corrected chi connectivity index (χ2v) is 6.90. The summed E-state index contributed by atoms with van der Waals surface area (Å²) in [6.45, 7) is 3.08. The monoisotopic (exact) mass is 351 g/mol. The van der Waals surface area contributed by atoms with E-state index in [0.717, 1.165) is 16.8 Å². The summed E-state index contributed by atoms with van der Waals surface area (Å²) >= 11 is 5.31. The zero-order valence-electron chi connectivity index (χ0n) is 11.4. The first-order chi connectivity index (χ1) is 9.76. The second-order valence-electron chi connectivity index (χ2n) is 5.04. The third-order valence-electron chi connectivity index (χ3n) is 3.32. The summed E-state index contributed by atoms with van der Waals surface area (Å²) in [5, 5.41) is 5.68. The van der Waals surface area contributed by atoms with Crippen LogP contribution in [0.25, 0.3) is 0 Å². The van der Waals surface area contributed by atoms with Crippen molar-refractivity contribution in [3.63, 3.8) is 0 Å². The van der Waals surface area contributed by atoms with E-state index < -0.39 is 0 Å². The van der Waals surface area contributed by atoms with Crippen molar-refractivity contribution < 1.29 is 4.74 Å². The molecule has 1 atom stereocenters. The third kappa shape index (κ3) is 3.43. The third-order valence-corrected chi connectivity index (χ3v) is 5.08. The summed E-state index contributed by atoms with van der Waals surface area (Å²) in [5.41, 5.74) is 1.28. The highest BCUT2D eigenvalue weighted by Gasteiger charge is 2.23. The van der Waals surface area contributed by atoms with Gasteiger partial charge in [-0.1, -0.05) is 19.1 Å². The van der Waals surface area contributed by atoms with E-state index >= 15 is 0 Å². The summed E-state index contributed by atoms with van der Waals surface area (Å²) in [6, 6.07) is 10.9. The minimum Gasteiger partial charge on any atom is -0.490 e. The molecule has 20 heavy (non-hydrogen) atoms. The Morgan fingerprint density at radius 3 is 2.65 bits per heavy atom. The molecule has 0 spiro atoms. The fraction of sp³-hybridized carbons (Fsp3) is 0.375. The van der Waals surface area contributed by atoms with Crippen LogP contribution in [0.15, 0.2) is 40.2 Å². The van der Waals surface area contributed by atoms with Gasteiger partial charge in [0.15, 0.2) is 0 Å². The average Bonchev–Trinajstić information content (AvgIpc) is 3.17. The fourth-order valence-electron chi connectivity index (χ4n) is 2.18. The lowest BCUT2D eigenvalue weighted by molar-refractivity contribution is 0.303. The van der Waals surface area contributed by atoms with Crippen LogP contribution in [0.3, 0.4) is 0 Å². The van der Waals surface area contributed by atoms with Crippen molar-refractivity contribution in [2.75, 3.05) is 6.54 Å². The SMILES string of the molecule is CCNC(c1ccc(OC2CC2)cc1)c1cc(Br)cs1. The molecule has 1 aliphatic rings.